The van der Waals surface area contributed by atoms with E-state index in [0.29, 0.717) is 11.8 Å². The van der Waals surface area contributed by atoms with Crippen molar-refractivity contribution < 1.29 is 83.3 Å². The van der Waals surface area contributed by atoms with Gasteiger partial charge in [-0.05, 0) is 61.4 Å². The number of hydrogen-bond donors (Lipinski definition) is 0. The van der Waals surface area contributed by atoms with Crippen LogP contribution in [0.25, 0.3) is 11.0 Å². The van der Waals surface area contributed by atoms with E-state index in [1.54, 1.807) is 23.9 Å². The number of aromatic carboxylic acids is 1. The van der Waals surface area contributed by atoms with Gasteiger partial charge in [-0.3, -0.25) is 4.79 Å². The predicted octanol–water partition coefficient (Wildman–Crippen LogP) is -0.399. The molecule has 0 N–H and O–H groups in total. The molecule has 0 spiro atoms. The van der Waals surface area contributed by atoms with E-state index in [-0.39, 0.29) is 76.4 Å². The Morgan fingerprint density at radius 1 is 0.850 bits per heavy atom. The minimum Gasteiger partial charge on any atom is -0.550 e. The topological polar surface area (TPSA) is 110 Å². The summed E-state index contributed by atoms with van der Waals surface area (Å²) in [6, 6.07) is 14.7. The summed E-state index contributed by atoms with van der Waals surface area (Å²) in [7, 11) is 0. The van der Waals surface area contributed by atoms with Crippen LogP contribution in [-0.4, -0.2) is 11.9 Å². The van der Waals surface area contributed by atoms with Gasteiger partial charge in [0.2, 0.25) is 0 Å². The molecule has 3 aromatic rings. The van der Waals surface area contributed by atoms with Gasteiger partial charge in [0, 0.05) is 22.2 Å². The Morgan fingerprint density at radius 2 is 1.52 bits per heavy atom. The molecule has 0 radical (unpaired) electrons. The zero-order valence-corrected chi connectivity index (χ0v) is 28.9. The number of unbranched alkanes of at least 4 members (excludes halogenated alkanes) is 7. The van der Waals surface area contributed by atoms with Crippen molar-refractivity contribution in [2.45, 2.75) is 94.1 Å². The maximum absolute atomic E-state index is 12.3. The average Bonchev–Trinajstić information content (AvgIpc) is 2.90. The van der Waals surface area contributed by atoms with Crippen molar-refractivity contribution >= 4 is 34.7 Å². The summed E-state index contributed by atoms with van der Waals surface area (Å²) in [6.07, 6.45) is 12.1. The van der Waals surface area contributed by atoms with E-state index in [1.807, 2.05) is 6.07 Å². The molecule has 1 unspecified atom stereocenters. The molecule has 1 aromatic heterocycles. The van der Waals surface area contributed by atoms with Crippen LogP contribution in [0.4, 0.5) is 0 Å². The van der Waals surface area contributed by atoms with E-state index in [0.717, 1.165) is 35.8 Å². The van der Waals surface area contributed by atoms with E-state index in [4.69, 9.17) is 4.42 Å². The van der Waals surface area contributed by atoms with E-state index >= 15 is 0 Å². The van der Waals surface area contributed by atoms with Crippen LogP contribution in [0.15, 0.2) is 62.6 Å². The third kappa shape index (κ3) is 12.4. The Labute approximate surface area is 285 Å². The van der Waals surface area contributed by atoms with Gasteiger partial charge in [0.15, 0.2) is 11.2 Å². The molecule has 0 aliphatic rings. The molecular formula is C31H36Na2O6S. The van der Waals surface area contributed by atoms with E-state index in [1.165, 1.54) is 50.5 Å². The number of carbonyl (C=O) groups is 2. The molecule has 1 atom stereocenters. The Bertz CT molecular complexity index is 1260. The van der Waals surface area contributed by atoms with Crippen molar-refractivity contribution in [1.82, 2.24) is 0 Å². The summed E-state index contributed by atoms with van der Waals surface area (Å²) in [5, 5.41) is 22.4. The largest absolute Gasteiger partial charge is 1.00 e. The number of rotatable bonds is 17. The summed E-state index contributed by atoms with van der Waals surface area (Å²) in [6.45, 7) is 2.23. The fourth-order valence-electron chi connectivity index (χ4n) is 4.55. The Balaban J connectivity index is 0.00000400. The first kappa shape index (κ1) is 37.0. The van der Waals surface area contributed by atoms with E-state index in [2.05, 4.69) is 31.2 Å². The zero-order valence-electron chi connectivity index (χ0n) is 24.0. The van der Waals surface area contributed by atoms with E-state index in [9.17, 15) is 24.6 Å². The molecule has 40 heavy (non-hydrogen) atoms. The number of carbonyl (C=O) groups excluding carboxylic acids is 2. The molecule has 0 aliphatic heterocycles. The van der Waals surface area contributed by atoms with Crippen molar-refractivity contribution in [2.24, 2.45) is 0 Å². The Morgan fingerprint density at radius 3 is 2.17 bits per heavy atom. The van der Waals surface area contributed by atoms with Crippen molar-refractivity contribution in [3.63, 3.8) is 0 Å². The standard InChI is InChI=1S/C31H38O6S.2Na/c1-2-3-4-5-6-7-8-11-22-14-16-23(17-15-22)29(12-9-10-13-30(33)34)38-24-18-19-25-26(32)21-28(31(35)36)37-27(25)20-24;;/h14-21,29H,2-13H2,1H3,(H,33,34)(H,35,36);;/q;2*+1/p-2. The monoisotopic (exact) mass is 582 g/mol. The van der Waals surface area contributed by atoms with Crippen LogP contribution in [0, 0.1) is 0 Å². The molecule has 1 heterocycles. The second kappa shape index (κ2) is 20.0. The van der Waals surface area contributed by atoms with Crippen molar-refractivity contribution in [3.05, 3.63) is 75.6 Å². The van der Waals surface area contributed by atoms with Gasteiger partial charge in [0.25, 0.3) is 0 Å². The molecule has 0 aliphatic carbocycles. The van der Waals surface area contributed by atoms with Crippen molar-refractivity contribution in [2.75, 3.05) is 0 Å². The normalized spacial score (nSPS) is 11.4. The molecule has 0 amide bonds. The summed E-state index contributed by atoms with van der Waals surface area (Å²) >= 11 is 1.58. The van der Waals surface area contributed by atoms with Gasteiger partial charge in [-0.2, -0.15) is 0 Å². The summed E-state index contributed by atoms with van der Waals surface area (Å²) in [4.78, 5) is 35.1. The van der Waals surface area contributed by atoms with Crippen LogP contribution in [0.5, 0.6) is 0 Å². The van der Waals surface area contributed by atoms with Gasteiger partial charge in [0.1, 0.15) is 11.6 Å². The van der Waals surface area contributed by atoms with Gasteiger partial charge in [0.05, 0.1) is 5.39 Å². The molecule has 6 nitrogen and oxygen atoms in total. The minimum atomic E-state index is -1.54. The van der Waals surface area contributed by atoms with Crippen LogP contribution in [-0.2, 0) is 11.2 Å². The minimum absolute atomic E-state index is 0. The maximum atomic E-state index is 12.3. The number of carboxylic acid groups (broad SMARTS) is 2. The fraction of sp³-hybridized carbons (Fsp3) is 0.452. The van der Waals surface area contributed by atoms with Crippen LogP contribution >= 0.6 is 11.8 Å². The molecule has 0 saturated heterocycles. The third-order valence-electron chi connectivity index (χ3n) is 6.70. The summed E-state index contributed by atoms with van der Waals surface area (Å²) < 4.78 is 5.40. The van der Waals surface area contributed by atoms with Gasteiger partial charge in [-0.15, -0.1) is 11.8 Å². The van der Waals surface area contributed by atoms with E-state index < -0.39 is 23.1 Å². The summed E-state index contributed by atoms with van der Waals surface area (Å²) in [5.74, 6) is -3.08. The SMILES string of the molecule is CCCCCCCCCc1ccc(C(CCCCC(=O)[O-])Sc2ccc3c(=O)cc(C(=O)[O-])oc3c2)cc1.[Na+].[Na+]. The van der Waals surface area contributed by atoms with Crippen molar-refractivity contribution in [1.29, 1.82) is 0 Å². The Hall–Kier alpha value is -1.06. The summed E-state index contributed by atoms with van der Waals surface area (Å²) in [5.41, 5.74) is 2.21. The molecule has 0 fully saturated rings. The molecule has 9 heteroatoms. The number of thioether (sulfide) groups is 1. The van der Waals surface area contributed by atoms with Gasteiger partial charge < -0.3 is 24.2 Å². The quantitative estimate of drug-likeness (QED) is 0.121. The number of aryl methyl sites for hydroxylation is 1. The molecule has 2 aromatic carbocycles. The predicted molar refractivity (Wildman–Crippen MR) is 147 cm³/mol. The number of aliphatic carboxylic acids is 1. The van der Waals surface area contributed by atoms with Gasteiger partial charge in [-0.25, -0.2) is 0 Å². The molecule has 3 rings (SSSR count). The fourth-order valence-corrected chi connectivity index (χ4v) is 5.78. The second-order valence-corrected chi connectivity index (χ2v) is 11.0. The first-order valence-corrected chi connectivity index (χ1v) is 14.5. The van der Waals surface area contributed by atoms with Crippen LogP contribution < -0.4 is 74.8 Å². The second-order valence-electron chi connectivity index (χ2n) is 9.76. The molecular weight excluding hydrogens is 546 g/mol. The van der Waals surface area contributed by atoms with Crippen LogP contribution in [0.2, 0.25) is 0 Å². The number of carboxylic acids is 2. The average molecular weight is 583 g/mol. The third-order valence-corrected chi connectivity index (χ3v) is 8.02. The van der Waals surface area contributed by atoms with Crippen LogP contribution in [0.3, 0.4) is 0 Å². The van der Waals surface area contributed by atoms with Crippen LogP contribution in [0.1, 0.15) is 104 Å². The van der Waals surface area contributed by atoms with Gasteiger partial charge >= 0.3 is 59.1 Å². The van der Waals surface area contributed by atoms with Crippen molar-refractivity contribution in [3.8, 4) is 0 Å². The number of fused-ring (bicyclic) bond motifs is 1. The molecule has 0 bridgehead atoms. The van der Waals surface area contributed by atoms with Gasteiger partial charge in [-0.1, -0.05) is 76.1 Å². The Kier molecular flexibility index (Phi) is 18.4. The molecule has 0 saturated carbocycles. The smallest absolute Gasteiger partial charge is 0.550 e. The first-order valence-electron chi connectivity index (χ1n) is 13.6. The zero-order chi connectivity index (χ0) is 27.3. The first-order chi connectivity index (χ1) is 18.4. The maximum Gasteiger partial charge on any atom is 1.00 e. The number of hydrogen-bond acceptors (Lipinski definition) is 7. The number of benzene rings is 2. The molecule has 204 valence electrons.